The average Bonchev–Trinajstić information content (AvgIpc) is 2.61. The summed E-state index contributed by atoms with van der Waals surface area (Å²) >= 11 is 0. The molecule has 5 heteroatoms. The highest BCUT2D eigenvalue weighted by molar-refractivity contribution is 5.81. The number of rotatable bonds is 4. The van der Waals surface area contributed by atoms with E-state index in [-0.39, 0.29) is 5.91 Å². The molecule has 0 radical (unpaired) electrons. The van der Waals surface area contributed by atoms with Gasteiger partial charge in [-0.05, 0) is 17.7 Å². The molecule has 0 aliphatic rings. The summed E-state index contributed by atoms with van der Waals surface area (Å²) in [6.45, 7) is 0.292. The number of aromatic nitrogens is 2. The van der Waals surface area contributed by atoms with Gasteiger partial charge in [-0.3, -0.25) is 9.78 Å². The van der Waals surface area contributed by atoms with Gasteiger partial charge in [-0.2, -0.15) is 0 Å². The smallest absolute Gasteiger partial charge is 0.256 e. The summed E-state index contributed by atoms with van der Waals surface area (Å²) in [6.07, 6.45) is 0.482. The van der Waals surface area contributed by atoms with Gasteiger partial charge in [-0.15, -0.1) is 0 Å². The highest BCUT2D eigenvalue weighted by Gasteiger charge is 2.21. The number of nitrogens with zero attached hydrogens (tertiary/aromatic N) is 3. The zero-order chi connectivity index (χ0) is 16.2. The van der Waals surface area contributed by atoms with Crippen molar-refractivity contribution in [3.05, 3.63) is 72.1 Å². The Bertz CT molecular complexity index is 821. The van der Waals surface area contributed by atoms with Crippen molar-refractivity contribution in [2.75, 3.05) is 7.05 Å². The molecule has 0 fully saturated rings. The van der Waals surface area contributed by atoms with Crippen molar-refractivity contribution in [3.63, 3.8) is 0 Å². The minimum absolute atomic E-state index is 0.292. The fourth-order valence-electron chi connectivity index (χ4n) is 2.38. The van der Waals surface area contributed by atoms with Gasteiger partial charge in [-0.1, -0.05) is 42.5 Å². The second kappa shape index (κ2) is 6.54. The third-order valence-corrected chi connectivity index (χ3v) is 3.62. The van der Waals surface area contributed by atoms with Crippen LogP contribution in [0.4, 0.5) is 0 Å². The van der Waals surface area contributed by atoms with E-state index in [2.05, 4.69) is 9.97 Å². The number of carbonyl (C=O) groups is 1. The van der Waals surface area contributed by atoms with Crippen molar-refractivity contribution < 1.29 is 9.90 Å². The highest BCUT2D eigenvalue weighted by atomic mass is 16.3. The van der Waals surface area contributed by atoms with Crippen LogP contribution in [0.5, 0.6) is 0 Å². The summed E-state index contributed by atoms with van der Waals surface area (Å²) < 4.78 is 0. The van der Waals surface area contributed by atoms with Crippen molar-refractivity contribution in [1.29, 1.82) is 0 Å². The monoisotopic (exact) mass is 307 g/mol. The molecule has 5 nitrogen and oxygen atoms in total. The van der Waals surface area contributed by atoms with Crippen LogP contribution in [-0.4, -0.2) is 32.9 Å². The maximum Gasteiger partial charge on any atom is 0.256 e. The minimum Gasteiger partial charge on any atom is -0.378 e. The molecule has 1 atom stereocenters. The quantitative estimate of drug-likeness (QED) is 0.803. The van der Waals surface area contributed by atoms with Crippen LogP contribution in [0.1, 0.15) is 17.4 Å². The third-order valence-electron chi connectivity index (χ3n) is 3.62. The molecule has 0 aliphatic heterocycles. The molecule has 1 aromatic heterocycles. The molecule has 0 unspecified atom stereocenters. The summed E-state index contributed by atoms with van der Waals surface area (Å²) in [4.78, 5) is 22.6. The van der Waals surface area contributed by atoms with E-state index < -0.39 is 6.10 Å². The Hall–Kier alpha value is -2.79. The van der Waals surface area contributed by atoms with Gasteiger partial charge in [0.15, 0.2) is 6.10 Å². The largest absolute Gasteiger partial charge is 0.378 e. The van der Waals surface area contributed by atoms with Crippen LogP contribution >= 0.6 is 0 Å². The Morgan fingerprint density at radius 1 is 1.09 bits per heavy atom. The summed E-state index contributed by atoms with van der Waals surface area (Å²) in [5, 5.41) is 10.2. The van der Waals surface area contributed by atoms with E-state index in [4.69, 9.17) is 0 Å². The fraction of sp³-hybridized carbons (Fsp3) is 0.167. The first kappa shape index (κ1) is 15.1. The SMILES string of the molecule is CN(Cc1cnc2ccccc2n1)C(=O)[C@H](O)c1ccccc1. The van der Waals surface area contributed by atoms with Gasteiger partial charge >= 0.3 is 0 Å². The number of para-hydroxylation sites is 2. The van der Waals surface area contributed by atoms with E-state index in [0.29, 0.717) is 17.8 Å². The molecular weight excluding hydrogens is 290 g/mol. The molecule has 3 rings (SSSR count). The van der Waals surface area contributed by atoms with Crippen molar-refractivity contribution in [1.82, 2.24) is 14.9 Å². The van der Waals surface area contributed by atoms with Crippen LogP contribution in [0, 0.1) is 0 Å². The molecule has 0 bridgehead atoms. The fourth-order valence-corrected chi connectivity index (χ4v) is 2.38. The van der Waals surface area contributed by atoms with Gasteiger partial charge in [0.1, 0.15) is 0 Å². The molecule has 1 N–H and O–H groups in total. The molecule has 116 valence electrons. The Kier molecular flexibility index (Phi) is 4.30. The molecule has 0 aliphatic carbocycles. The van der Waals surface area contributed by atoms with Crippen LogP contribution in [0.3, 0.4) is 0 Å². The molecule has 0 saturated carbocycles. The predicted molar refractivity (Wildman–Crippen MR) is 87.4 cm³/mol. The summed E-state index contributed by atoms with van der Waals surface area (Å²) in [6, 6.07) is 16.5. The number of likely N-dealkylation sites (N-methyl/N-ethyl adjacent to an activating group) is 1. The number of fused-ring (bicyclic) bond motifs is 1. The molecule has 0 spiro atoms. The summed E-state index contributed by atoms with van der Waals surface area (Å²) in [7, 11) is 1.64. The van der Waals surface area contributed by atoms with Crippen LogP contribution in [0.2, 0.25) is 0 Å². The van der Waals surface area contributed by atoms with Gasteiger partial charge < -0.3 is 10.0 Å². The lowest BCUT2D eigenvalue weighted by molar-refractivity contribution is -0.139. The maximum absolute atomic E-state index is 12.3. The standard InChI is InChI=1S/C18H17N3O2/c1-21(18(23)17(22)13-7-3-2-4-8-13)12-14-11-19-15-9-5-6-10-16(15)20-14/h2-11,17,22H,12H2,1H3/t17-/m1/s1. The topological polar surface area (TPSA) is 66.3 Å². The number of aliphatic hydroxyl groups is 1. The number of hydrogen-bond donors (Lipinski definition) is 1. The van der Waals surface area contributed by atoms with E-state index in [0.717, 1.165) is 11.0 Å². The molecule has 23 heavy (non-hydrogen) atoms. The zero-order valence-electron chi connectivity index (χ0n) is 12.8. The van der Waals surface area contributed by atoms with Crippen molar-refractivity contribution in [3.8, 4) is 0 Å². The maximum atomic E-state index is 12.3. The van der Waals surface area contributed by atoms with Crippen LogP contribution < -0.4 is 0 Å². The van der Waals surface area contributed by atoms with Crippen LogP contribution in [-0.2, 0) is 11.3 Å². The molecular formula is C18H17N3O2. The van der Waals surface area contributed by atoms with Gasteiger partial charge in [0.2, 0.25) is 0 Å². The van der Waals surface area contributed by atoms with E-state index in [1.165, 1.54) is 4.90 Å². The van der Waals surface area contributed by atoms with Gasteiger partial charge in [0, 0.05) is 7.05 Å². The van der Waals surface area contributed by atoms with Crippen molar-refractivity contribution in [2.45, 2.75) is 12.6 Å². The molecule has 1 amide bonds. The lowest BCUT2D eigenvalue weighted by Crippen LogP contribution is -2.31. The van der Waals surface area contributed by atoms with E-state index in [1.807, 2.05) is 30.3 Å². The second-order valence-corrected chi connectivity index (χ2v) is 5.36. The van der Waals surface area contributed by atoms with E-state index in [9.17, 15) is 9.90 Å². The number of amides is 1. The molecule has 3 aromatic rings. The molecule has 2 aromatic carbocycles. The Morgan fingerprint density at radius 2 is 1.74 bits per heavy atom. The minimum atomic E-state index is -1.17. The first-order valence-corrected chi connectivity index (χ1v) is 7.34. The van der Waals surface area contributed by atoms with Crippen molar-refractivity contribution in [2.24, 2.45) is 0 Å². The Balaban J connectivity index is 1.74. The van der Waals surface area contributed by atoms with Gasteiger partial charge in [0.25, 0.3) is 5.91 Å². The molecule has 0 saturated heterocycles. The summed E-state index contributed by atoms with van der Waals surface area (Å²) in [5.41, 5.74) is 2.86. The van der Waals surface area contributed by atoms with Gasteiger partial charge in [-0.25, -0.2) is 4.98 Å². The lowest BCUT2D eigenvalue weighted by atomic mass is 10.1. The van der Waals surface area contributed by atoms with Crippen LogP contribution in [0.25, 0.3) is 11.0 Å². The number of hydrogen-bond acceptors (Lipinski definition) is 4. The second-order valence-electron chi connectivity index (χ2n) is 5.36. The Morgan fingerprint density at radius 3 is 2.48 bits per heavy atom. The van der Waals surface area contributed by atoms with Gasteiger partial charge in [0.05, 0.1) is 29.5 Å². The third kappa shape index (κ3) is 3.35. The first-order valence-electron chi connectivity index (χ1n) is 7.34. The van der Waals surface area contributed by atoms with Crippen LogP contribution in [0.15, 0.2) is 60.8 Å². The van der Waals surface area contributed by atoms with E-state index in [1.54, 1.807) is 37.5 Å². The normalized spacial score (nSPS) is 12.1. The Labute approximate surface area is 134 Å². The van der Waals surface area contributed by atoms with Crippen molar-refractivity contribution >= 4 is 16.9 Å². The average molecular weight is 307 g/mol. The predicted octanol–water partition coefficient (Wildman–Crippen LogP) is 2.32. The molecule has 1 heterocycles. The van der Waals surface area contributed by atoms with E-state index >= 15 is 0 Å². The highest BCUT2D eigenvalue weighted by Crippen LogP contribution is 2.16. The number of carbonyl (C=O) groups excluding carboxylic acids is 1. The lowest BCUT2D eigenvalue weighted by Gasteiger charge is -2.20. The number of benzene rings is 2. The summed E-state index contributed by atoms with van der Waals surface area (Å²) in [5.74, 6) is -0.369. The zero-order valence-corrected chi connectivity index (χ0v) is 12.8. The number of aliphatic hydroxyl groups excluding tert-OH is 1. The first-order chi connectivity index (χ1) is 11.1.